The zero-order valence-corrected chi connectivity index (χ0v) is 20.6. The lowest BCUT2D eigenvalue weighted by Gasteiger charge is -2.23. The number of alkyl halides is 2. The van der Waals surface area contributed by atoms with E-state index in [0.29, 0.717) is 28.7 Å². The topological polar surface area (TPSA) is 89.7 Å². The van der Waals surface area contributed by atoms with E-state index in [9.17, 15) is 18.1 Å². The molecule has 8 nitrogen and oxygen atoms in total. The number of halogens is 2. The van der Waals surface area contributed by atoms with Crippen molar-refractivity contribution in [1.29, 1.82) is 0 Å². The summed E-state index contributed by atoms with van der Waals surface area (Å²) in [6.45, 7) is 0.276. The smallest absolute Gasteiger partial charge is 0.387 e. The van der Waals surface area contributed by atoms with E-state index < -0.39 is 13.8 Å². The Bertz CT molecular complexity index is 1580. The third kappa shape index (κ3) is 3.43. The number of ether oxygens (including phenoxy) is 1. The van der Waals surface area contributed by atoms with Crippen LogP contribution in [0, 0.1) is 0 Å². The standard InChI is InChI=1S/C25H22F2N5O3P/c1-31-18-10-15(21-14(24(31)33)5-4-6-19(21)35-25(26)27)22-17-9-13(7-8-32(17)30-23(18)22)16-11-29-20(12-28-16)36(2,3)34/h4-9,11-12,15,18,25H,10H2,1-3H3/t15-,18-/m1/s1. The molecule has 2 bridgehead atoms. The van der Waals surface area contributed by atoms with Gasteiger partial charge in [0, 0.05) is 41.4 Å². The molecule has 0 fully saturated rings. The number of rotatable bonds is 4. The molecule has 1 amide bonds. The Hall–Kier alpha value is -3.65. The number of hydrogen-bond donors (Lipinski definition) is 0. The Balaban J connectivity index is 1.53. The van der Waals surface area contributed by atoms with Crippen molar-refractivity contribution in [2.45, 2.75) is 25.0 Å². The normalized spacial score (nSPS) is 18.9. The quantitative estimate of drug-likeness (QED) is 0.381. The molecule has 2 atom stereocenters. The van der Waals surface area contributed by atoms with Crippen LogP contribution >= 0.6 is 7.14 Å². The van der Waals surface area contributed by atoms with Crippen LogP contribution in [0.1, 0.15) is 45.6 Å². The summed E-state index contributed by atoms with van der Waals surface area (Å²) in [5.41, 5.74) is 5.08. The van der Waals surface area contributed by atoms with E-state index in [1.54, 1.807) is 54.3 Å². The summed E-state index contributed by atoms with van der Waals surface area (Å²) in [5, 5.41) is 4.77. The second-order valence-corrected chi connectivity index (χ2v) is 12.6. The van der Waals surface area contributed by atoms with E-state index in [4.69, 9.17) is 9.84 Å². The highest BCUT2D eigenvalue weighted by Gasteiger charge is 2.46. The Morgan fingerprint density at radius 3 is 2.64 bits per heavy atom. The van der Waals surface area contributed by atoms with Gasteiger partial charge in [0.15, 0.2) is 0 Å². The van der Waals surface area contributed by atoms with Crippen LogP contribution in [0.3, 0.4) is 0 Å². The van der Waals surface area contributed by atoms with Crippen molar-refractivity contribution < 1.29 is 22.9 Å². The van der Waals surface area contributed by atoms with Gasteiger partial charge >= 0.3 is 6.61 Å². The van der Waals surface area contributed by atoms with Crippen LogP contribution < -0.4 is 10.2 Å². The van der Waals surface area contributed by atoms with Crippen molar-refractivity contribution in [1.82, 2.24) is 24.5 Å². The van der Waals surface area contributed by atoms with Gasteiger partial charge in [-0.1, -0.05) is 6.07 Å². The maximum Gasteiger partial charge on any atom is 0.387 e. The first-order valence-electron chi connectivity index (χ1n) is 11.4. The van der Waals surface area contributed by atoms with Crippen LogP contribution in [0.5, 0.6) is 5.75 Å². The summed E-state index contributed by atoms with van der Waals surface area (Å²) in [4.78, 5) is 23.7. The molecule has 0 N–H and O–H groups in total. The van der Waals surface area contributed by atoms with E-state index in [1.165, 1.54) is 12.3 Å². The Morgan fingerprint density at radius 1 is 1.14 bits per heavy atom. The van der Waals surface area contributed by atoms with Crippen molar-refractivity contribution in [3.8, 4) is 17.0 Å². The molecule has 0 radical (unpaired) electrons. The monoisotopic (exact) mass is 509 g/mol. The van der Waals surface area contributed by atoms with Gasteiger partial charge in [-0.2, -0.15) is 13.9 Å². The minimum Gasteiger partial charge on any atom is -0.434 e. The van der Waals surface area contributed by atoms with E-state index >= 15 is 0 Å². The SMILES string of the molecule is CN1C(=O)c2cccc(OC(F)F)c2[C@H]2C[C@@H]1c1nn3ccc(-c4cnc(P(C)(C)=O)cn4)cc3c12. The molecule has 3 aromatic heterocycles. The molecule has 184 valence electrons. The molecule has 6 rings (SSSR count). The van der Waals surface area contributed by atoms with Gasteiger partial charge in [0.2, 0.25) is 0 Å². The second-order valence-electron chi connectivity index (χ2n) is 9.47. The van der Waals surface area contributed by atoms with Gasteiger partial charge in [0.25, 0.3) is 5.91 Å². The van der Waals surface area contributed by atoms with Gasteiger partial charge in [-0.15, -0.1) is 0 Å². The molecular weight excluding hydrogens is 487 g/mol. The predicted molar refractivity (Wildman–Crippen MR) is 130 cm³/mol. The predicted octanol–water partition coefficient (Wildman–Crippen LogP) is 4.30. The summed E-state index contributed by atoms with van der Waals surface area (Å²) in [5.74, 6) is -0.598. The van der Waals surface area contributed by atoms with Crippen molar-refractivity contribution >= 4 is 24.0 Å². The molecule has 0 saturated carbocycles. The van der Waals surface area contributed by atoms with E-state index in [-0.39, 0.29) is 23.6 Å². The Kier molecular flexibility index (Phi) is 5.02. The number of amides is 1. The average Bonchev–Trinajstić information content (AvgIpc) is 3.36. The first kappa shape index (κ1) is 22.8. The lowest BCUT2D eigenvalue weighted by Crippen LogP contribution is -2.30. The van der Waals surface area contributed by atoms with Crippen LogP contribution in [0.2, 0.25) is 0 Å². The number of pyridine rings is 1. The summed E-state index contributed by atoms with van der Waals surface area (Å²) < 4.78 is 45.5. The number of carbonyl (C=O) groups is 1. The molecule has 1 aliphatic heterocycles. The van der Waals surface area contributed by atoms with Gasteiger partial charge in [-0.3, -0.25) is 9.78 Å². The van der Waals surface area contributed by atoms with E-state index in [0.717, 1.165) is 22.3 Å². The van der Waals surface area contributed by atoms with E-state index in [1.807, 2.05) is 12.1 Å². The highest BCUT2D eigenvalue weighted by molar-refractivity contribution is 7.69. The molecule has 2 aliphatic rings. The molecule has 4 aromatic rings. The lowest BCUT2D eigenvalue weighted by molar-refractivity contribution is -0.0505. The number of aromatic nitrogens is 4. The molecule has 4 heterocycles. The van der Waals surface area contributed by atoms with E-state index in [2.05, 4.69) is 9.97 Å². The van der Waals surface area contributed by atoms with Gasteiger partial charge in [0.05, 0.1) is 35.3 Å². The summed E-state index contributed by atoms with van der Waals surface area (Å²) in [6, 6.07) is 8.18. The average molecular weight is 509 g/mol. The molecule has 0 unspecified atom stereocenters. The highest BCUT2D eigenvalue weighted by atomic mass is 31.2. The number of benzene rings is 1. The number of fused-ring (bicyclic) bond motifs is 9. The summed E-state index contributed by atoms with van der Waals surface area (Å²) >= 11 is 0. The first-order valence-corrected chi connectivity index (χ1v) is 14.0. The zero-order chi connectivity index (χ0) is 25.4. The van der Waals surface area contributed by atoms with Gasteiger partial charge < -0.3 is 14.2 Å². The van der Waals surface area contributed by atoms with Gasteiger partial charge in [0.1, 0.15) is 18.3 Å². The highest BCUT2D eigenvalue weighted by Crippen LogP contribution is 2.53. The molecular formula is C25H22F2N5O3P. The maximum atomic E-state index is 13.3. The Morgan fingerprint density at radius 2 is 1.94 bits per heavy atom. The number of carbonyl (C=O) groups excluding carboxylic acids is 1. The number of nitrogens with zero attached hydrogens (tertiary/aromatic N) is 5. The summed E-state index contributed by atoms with van der Waals surface area (Å²) in [7, 11) is -0.818. The second kappa shape index (κ2) is 7.93. The van der Waals surface area contributed by atoms with Crippen LogP contribution in [0.15, 0.2) is 48.9 Å². The molecule has 1 aliphatic carbocycles. The fourth-order valence-electron chi connectivity index (χ4n) is 5.27. The molecule has 1 aromatic carbocycles. The minimum absolute atomic E-state index is 0.00303. The fourth-order valence-corrected chi connectivity index (χ4v) is 5.94. The van der Waals surface area contributed by atoms with Crippen LogP contribution in [0.4, 0.5) is 8.78 Å². The third-order valence-corrected chi connectivity index (χ3v) is 8.29. The van der Waals surface area contributed by atoms with Crippen molar-refractivity contribution in [2.24, 2.45) is 0 Å². The minimum atomic E-state index is -3.01. The van der Waals surface area contributed by atoms with Gasteiger partial charge in [-0.05, 0) is 44.0 Å². The van der Waals surface area contributed by atoms with Crippen molar-refractivity contribution in [2.75, 3.05) is 20.4 Å². The van der Waals surface area contributed by atoms with Crippen molar-refractivity contribution in [3.63, 3.8) is 0 Å². The largest absolute Gasteiger partial charge is 0.434 e. The summed E-state index contributed by atoms with van der Waals surface area (Å²) in [6.07, 6.45) is 5.45. The van der Waals surface area contributed by atoms with Gasteiger partial charge in [-0.25, -0.2) is 9.50 Å². The zero-order valence-electron chi connectivity index (χ0n) is 19.7. The molecule has 11 heteroatoms. The first-order chi connectivity index (χ1) is 17.1. The third-order valence-electron chi connectivity index (χ3n) is 6.96. The maximum absolute atomic E-state index is 13.3. The molecule has 0 saturated heterocycles. The van der Waals surface area contributed by atoms with Crippen LogP contribution in [-0.4, -0.2) is 57.4 Å². The Labute approximate surface area is 205 Å². The molecule has 36 heavy (non-hydrogen) atoms. The van der Waals surface area contributed by atoms with Crippen LogP contribution in [-0.2, 0) is 4.57 Å². The lowest BCUT2D eigenvalue weighted by atomic mass is 9.88. The molecule has 0 spiro atoms. The fraction of sp³-hybridized carbons (Fsp3) is 0.280. The van der Waals surface area contributed by atoms with Crippen molar-refractivity contribution in [3.05, 3.63) is 71.3 Å². The van der Waals surface area contributed by atoms with Crippen LogP contribution in [0.25, 0.3) is 16.8 Å². The number of hydrogen-bond acceptors (Lipinski definition) is 6.